The van der Waals surface area contributed by atoms with Gasteiger partial charge >= 0.3 is 0 Å². The molecule has 0 saturated carbocycles. The lowest BCUT2D eigenvalue weighted by Crippen LogP contribution is -2.44. The fourth-order valence-electron chi connectivity index (χ4n) is 2.49. The first kappa shape index (κ1) is 17.1. The van der Waals surface area contributed by atoms with E-state index < -0.39 is 0 Å². The smallest absolute Gasteiger partial charge is 0.243 e. The molecule has 1 amide bonds. The van der Waals surface area contributed by atoms with Gasteiger partial charge in [-0.15, -0.1) is 0 Å². The number of aliphatic imine (C=N–C) groups is 1. The highest BCUT2D eigenvalue weighted by Gasteiger charge is 2.16. The number of guanidine groups is 1. The number of hydrogen-bond donors (Lipinski definition) is 1. The molecule has 1 aromatic rings. The molecule has 0 fully saturated rings. The van der Waals surface area contributed by atoms with Crippen molar-refractivity contribution in [3.05, 3.63) is 42.0 Å². The Morgan fingerprint density at radius 1 is 1.30 bits per heavy atom. The summed E-state index contributed by atoms with van der Waals surface area (Å²) >= 11 is 0. The van der Waals surface area contributed by atoms with Crippen molar-refractivity contribution in [3.8, 4) is 0 Å². The van der Waals surface area contributed by atoms with Crippen molar-refractivity contribution >= 4 is 17.4 Å². The van der Waals surface area contributed by atoms with Crippen LogP contribution in [0.4, 0.5) is 0 Å². The van der Waals surface area contributed by atoms with E-state index in [2.05, 4.69) is 45.6 Å². The number of hydrogen-bond acceptors (Lipinski definition) is 2. The largest absolute Gasteiger partial charge is 0.356 e. The second kappa shape index (κ2) is 8.36. The number of rotatable bonds is 4. The average Bonchev–Trinajstić information content (AvgIpc) is 2.59. The molecule has 1 N–H and O–H groups in total. The van der Waals surface area contributed by atoms with Crippen LogP contribution in [0.2, 0.25) is 0 Å². The molecular weight excluding hydrogens is 288 g/mol. The number of carbonyl (C=O) groups excluding carboxylic acids is 1. The summed E-state index contributed by atoms with van der Waals surface area (Å²) in [6.45, 7) is 4.73. The maximum absolute atomic E-state index is 11.7. The molecule has 1 aromatic carbocycles. The Hall–Kier alpha value is -2.30. The minimum absolute atomic E-state index is 0.0120. The predicted octanol–water partition coefficient (Wildman–Crippen LogP) is 1.83. The number of likely N-dealkylation sites (N-methyl/N-ethyl adjacent to an activating group) is 1. The normalized spacial score (nSPS) is 15.2. The number of nitrogens with zero attached hydrogens (tertiary/aromatic N) is 3. The zero-order valence-corrected chi connectivity index (χ0v) is 14.2. The molecule has 1 aliphatic rings. The van der Waals surface area contributed by atoms with Gasteiger partial charge in [-0.1, -0.05) is 36.4 Å². The Bertz CT molecular complexity index is 578. The molecule has 0 bridgehead atoms. The molecule has 0 atom stereocenters. The molecule has 0 unspecified atom stereocenters. The third-order valence-electron chi connectivity index (χ3n) is 3.85. The van der Waals surface area contributed by atoms with Crippen molar-refractivity contribution in [1.29, 1.82) is 0 Å². The van der Waals surface area contributed by atoms with Crippen molar-refractivity contribution in [3.63, 3.8) is 0 Å². The van der Waals surface area contributed by atoms with E-state index in [1.165, 1.54) is 11.1 Å². The van der Waals surface area contributed by atoms with Gasteiger partial charge in [-0.05, 0) is 24.5 Å². The van der Waals surface area contributed by atoms with Crippen LogP contribution in [0.1, 0.15) is 18.9 Å². The maximum Gasteiger partial charge on any atom is 0.243 e. The summed E-state index contributed by atoms with van der Waals surface area (Å²) in [5.41, 5.74) is 2.67. The third kappa shape index (κ3) is 4.84. The van der Waals surface area contributed by atoms with E-state index in [-0.39, 0.29) is 12.5 Å². The molecule has 0 aliphatic carbocycles. The van der Waals surface area contributed by atoms with Crippen LogP contribution in [0.3, 0.4) is 0 Å². The SMILES string of the molecule is CCNC(=NCC(=O)N(C)C)N1CC=C(c2ccccc2)CC1. The van der Waals surface area contributed by atoms with Crippen molar-refractivity contribution < 1.29 is 4.79 Å². The van der Waals surface area contributed by atoms with E-state index in [0.29, 0.717) is 0 Å². The van der Waals surface area contributed by atoms with E-state index >= 15 is 0 Å². The van der Waals surface area contributed by atoms with E-state index in [1.54, 1.807) is 19.0 Å². The predicted molar refractivity (Wildman–Crippen MR) is 95.3 cm³/mol. The Labute approximate surface area is 138 Å². The van der Waals surface area contributed by atoms with Gasteiger partial charge in [0.1, 0.15) is 6.54 Å². The van der Waals surface area contributed by atoms with E-state index in [4.69, 9.17) is 0 Å². The molecule has 0 radical (unpaired) electrons. The van der Waals surface area contributed by atoms with Gasteiger partial charge in [-0.2, -0.15) is 0 Å². The van der Waals surface area contributed by atoms with Crippen LogP contribution < -0.4 is 5.32 Å². The van der Waals surface area contributed by atoms with Crippen molar-refractivity contribution in [2.45, 2.75) is 13.3 Å². The summed E-state index contributed by atoms with van der Waals surface area (Å²) in [4.78, 5) is 20.0. The molecule has 0 saturated heterocycles. The number of benzene rings is 1. The topological polar surface area (TPSA) is 47.9 Å². The van der Waals surface area contributed by atoms with Crippen molar-refractivity contribution in [1.82, 2.24) is 15.1 Å². The molecule has 5 heteroatoms. The van der Waals surface area contributed by atoms with Crippen LogP contribution in [-0.4, -0.2) is 61.9 Å². The maximum atomic E-state index is 11.7. The summed E-state index contributed by atoms with van der Waals surface area (Å²) in [5.74, 6) is 0.823. The van der Waals surface area contributed by atoms with Gasteiger partial charge in [-0.3, -0.25) is 4.79 Å². The molecular formula is C18H26N4O. The fraction of sp³-hybridized carbons (Fsp3) is 0.444. The summed E-state index contributed by atoms with van der Waals surface area (Å²) in [7, 11) is 3.50. The highest BCUT2D eigenvalue weighted by molar-refractivity contribution is 5.85. The summed E-state index contributed by atoms with van der Waals surface area (Å²) < 4.78 is 0. The fourth-order valence-corrected chi connectivity index (χ4v) is 2.49. The van der Waals surface area contributed by atoms with Gasteiger partial charge in [0, 0.05) is 33.7 Å². The van der Waals surface area contributed by atoms with E-state index in [1.807, 2.05) is 13.0 Å². The monoisotopic (exact) mass is 314 g/mol. The van der Waals surface area contributed by atoms with Gasteiger partial charge in [0.05, 0.1) is 0 Å². The summed E-state index contributed by atoms with van der Waals surface area (Å²) in [5, 5.41) is 3.28. The molecule has 1 heterocycles. The van der Waals surface area contributed by atoms with E-state index in [0.717, 1.165) is 32.0 Å². The standard InChI is InChI=1S/C18H26N4O/c1-4-19-18(20-14-17(23)21(2)3)22-12-10-16(11-13-22)15-8-6-5-7-9-15/h5-10H,4,11-14H2,1-3H3,(H,19,20). The number of nitrogens with one attached hydrogen (secondary N) is 1. The molecule has 124 valence electrons. The number of amides is 1. The van der Waals surface area contributed by atoms with Crippen LogP contribution in [0.15, 0.2) is 41.4 Å². The molecule has 0 spiro atoms. The number of carbonyl (C=O) groups is 1. The lowest BCUT2D eigenvalue weighted by Gasteiger charge is -2.30. The highest BCUT2D eigenvalue weighted by Crippen LogP contribution is 2.21. The third-order valence-corrected chi connectivity index (χ3v) is 3.85. The first-order chi connectivity index (χ1) is 11.1. The van der Waals surface area contributed by atoms with Gasteiger partial charge in [-0.25, -0.2) is 4.99 Å². The van der Waals surface area contributed by atoms with Crippen LogP contribution in [0.5, 0.6) is 0 Å². The molecule has 2 rings (SSSR count). The molecule has 23 heavy (non-hydrogen) atoms. The van der Waals surface area contributed by atoms with Gasteiger partial charge < -0.3 is 15.1 Å². The second-order valence-corrected chi connectivity index (χ2v) is 5.75. The van der Waals surface area contributed by atoms with Crippen LogP contribution in [-0.2, 0) is 4.79 Å². The Kier molecular flexibility index (Phi) is 6.20. The molecule has 5 nitrogen and oxygen atoms in total. The molecule has 0 aromatic heterocycles. The Morgan fingerprint density at radius 2 is 2.04 bits per heavy atom. The highest BCUT2D eigenvalue weighted by atomic mass is 16.2. The van der Waals surface area contributed by atoms with Gasteiger partial charge in [0.25, 0.3) is 0 Å². The summed E-state index contributed by atoms with van der Waals surface area (Å²) in [6, 6.07) is 10.5. The average molecular weight is 314 g/mol. The first-order valence-electron chi connectivity index (χ1n) is 8.09. The van der Waals surface area contributed by atoms with Crippen molar-refractivity contribution in [2.24, 2.45) is 4.99 Å². The second-order valence-electron chi connectivity index (χ2n) is 5.75. The van der Waals surface area contributed by atoms with Crippen LogP contribution in [0.25, 0.3) is 5.57 Å². The lowest BCUT2D eigenvalue weighted by molar-refractivity contribution is -0.127. The van der Waals surface area contributed by atoms with Crippen LogP contribution >= 0.6 is 0 Å². The molecule has 1 aliphatic heterocycles. The van der Waals surface area contributed by atoms with E-state index in [9.17, 15) is 4.79 Å². The Balaban J connectivity index is 2.03. The van der Waals surface area contributed by atoms with Crippen LogP contribution in [0, 0.1) is 0 Å². The van der Waals surface area contributed by atoms with Gasteiger partial charge in [0.15, 0.2) is 5.96 Å². The lowest BCUT2D eigenvalue weighted by atomic mass is 10.00. The zero-order valence-electron chi connectivity index (χ0n) is 14.2. The zero-order chi connectivity index (χ0) is 16.7. The summed E-state index contributed by atoms with van der Waals surface area (Å²) in [6.07, 6.45) is 3.23. The van der Waals surface area contributed by atoms with Gasteiger partial charge in [0.2, 0.25) is 5.91 Å². The quantitative estimate of drug-likeness (QED) is 0.681. The van der Waals surface area contributed by atoms with Crippen molar-refractivity contribution in [2.75, 3.05) is 40.3 Å². The minimum atomic E-state index is 0.0120. The first-order valence-corrected chi connectivity index (χ1v) is 8.09. The Morgan fingerprint density at radius 3 is 2.61 bits per heavy atom. The minimum Gasteiger partial charge on any atom is -0.356 e.